The lowest BCUT2D eigenvalue weighted by Crippen LogP contribution is -2.37. The fraction of sp³-hybridized carbons (Fsp3) is 0.222. The molecule has 0 amide bonds. The Kier molecular flexibility index (Phi) is 3.77. The molecule has 0 fully saturated rings. The van der Waals surface area contributed by atoms with Crippen LogP contribution in [0.2, 0.25) is 0 Å². The minimum atomic E-state index is -3.62. The van der Waals surface area contributed by atoms with Gasteiger partial charge in [0, 0.05) is 35.8 Å². The van der Waals surface area contributed by atoms with Crippen LogP contribution in [-0.2, 0) is 23.1 Å². The summed E-state index contributed by atoms with van der Waals surface area (Å²) in [6.07, 6.45) is 0. The van der Waals surface area contributed by atoms with Crippen molar-refractivity contribution in [3.05, 3.63) is 60.0 Å². The van der Waals surface area contributed by atoms with Crippen molar-refractivity contribution in [2.24, 2.45) is 0 Å². The second-order valence-corrected chi connectivity index (χ2v) is 7.95. The summed E-state index contributed by atoms with van der Waals surface area (Å²) in [7, 11) is -2.11. The van der Waals surface area contributed by atoms with E-state index in [1.165, 1.54) is 29.6 Å². The van der Waals surface area contributed by atoms with Gasteiger partial charge in [0.2, 0.25) is 10.0 Å². The first-order valence-corrected chi connectivity index (χ1v) is 9.35. The van der Waals surface area contributed by atoms with Gasteiger partial charge in [-0.1, -0.05) is 6.07 Å². The Hall–Kier alpha value is -2.38. The van der Waals surface area contributed by atoms with Gasteiger partial charge in [-0.25, -0.2) is 12.8 Å². The Labute approximate surface area is 145 Å². The zero-order valence-electron chi connectivity index (χ0n) is 13.6. The highest BCUT2D eigenvalue weighted by Gasteiger charge is 2.29. The van der Waals surface area contributed by atoms with E-state index in [0.717, 1.165) is 16.6 Å². The summed E-state index contributed by atoms with van der Waals surface area (Å²) in [5.74, 6) is 0.207. The van der Waals surface area contributed by atoms with Crippen molar-refractivity contribution in [2.75, 3.05) is 13.7 Å². The predicted molar refractivity (Wildman–Crippen MR) is 92.5 cm³/mol. The fourth-order valence-electron chi connectivity index (χ4n) is 3.28. The molecule has 0 bridgehead atoms. The molecule has 1 aromatic heterocycles. The quantitative estimate of drug-likeness (QED) is 0.722. The molecule has 0 spiro atoms. The summed E-state index contributed by atoms with van der Waals surface area (Å²) in [5, 5.41) is 0.788. The van der Waals surface area contributed by atoms with Gasteiger partial charge in [0.15, 0.2) is 0 Å². The first-order valence-electron chi connectivity index (χ1n) is 7.91. The molecule has 0 saturated heterocycles. The molecule has 0 unspecified atom stereocenters. The molecule has 0 aliphatic carbocycles. The maximum absolute atomic E-state index is 13.4. The van der Waals surface area contributed by atoms with Crippen LogP contribution in [0.1, 0.15) is 5.69 Å². The number of rotatable bonds is 3. The Bertz CT molecular complexity index is 1060. The van der Waals surface area contributed by atoms with Crippen LogP contribution in [0.25, 0.3) is 10.9 Å². The highest BCUT2D eigenvalue weighted by atomic mass is 32.2. The van der Waals surface area contributed by atoms with Gasteiger partial charge in [-0.15, -0.1) is 0 Å². The monoisotopic (exact) mass is 360 g/mol. The second-order valence-electron chi connectivity index (χ2n) is 6.01. The van der Waals surface area contributed by atoms with Gasteiger partial charge in [-0.05, 0) is 36.4 Å². The smallest absolute Gasteiger partial charge is 0.243 e. The van der Waals surface area contributed by atoms with Crippen molar-refractivity contribution >= 4 is 20.9 Å². The average molecular weight is 360 g/mol. The van der Waals surface area contributed by atoms with Crippen molar-refractivity contribution in [3.63, 3.8) is 0 Å². The van der Waals surface area contributed by atoms with Crippen LogP contribution in [0.5, 0.6) is 5.75 Å². The molecule has 0 saturated carbocycles. The maximum atomic E-state index is 13.4. The van der Waals surface area contributed by atoms with E-state index < -0.39 is 10.0 Å². The number of benzene rings is 2. The van der Waals surface area contributed by atoms with E-state index in [1.807, 2.05) is 10.6 Å². The zero-order valence-corrected chi connectivity index (χ0v) is 14.5. The van der Waals surface area contributed by atoms with Gasteiger partial charge in [-0.2, -0.15) is 4.31 Å². The largest absolute Gasteiger partial charge is 0.497 e. The van der Waals surface area contributed by atoms with Gasteiger partial charge >= 0.3 is 0 Å². The van der Waals surface area contributed by atoms with Gasteiger partial charge in [0.05, 0.1) is 18.6 Å². The van der Waals surface area contributed by atoms with E-state index in [0.29, 0.717) is 18.8 Å². The molecule has 3 aromatic rings. The van der Waals surface area contributed by atoms with E-state index in [2.05, 4.69) is 0 Å². The number of nitrogens with zero attached hydrogens (tertiary/aromatic N) is 2. The number of hydrogen-bond donors (Lipinski definition) is 0. The van der Waals surface area contributed by atoms with Crippen molar-refractivity contribution in [3.8, 4) is 5.75 Å². The molecule has 2 heterocycles. The molecule has 1 aliphatic rings. The third-order valence-electron chi connectivity index (χ3n) is 4.54. The van der Waals surface area contributed by atoms with Gasteiger partial charge in [0.25, 0.3) is 0 Å². The minimum absolute atomic E-state index is 0.211. The summed E-state index contributed by atoms with van der Waals surface area (Å²) in [6, 6.07) is 13.0. The Morgan fingerprint density at radius 3 is 2.72 bits per heavy atom. The van der Waals surface area contributed by atoms with Gasteiger partial charge < -0.3 is 9.30 Å². The predicted octanol–water partition coefficient (Wildman–Crippen LogP) is 2.99. The van der Waals surface area contributed by atoms with Crippen molar-refractivity contribution < 1.29 is 17.5 Å². The number of sulfonamides is 1. The fourth-order valence-corrected chi connectivity index (χ4v) is 4.72. The standard InChI is InChI=1S/C18H17FN2O3S/c1-24-16-3-2-4-17(11-16)25(22,23)20-7-8-21-15(12-20)10-13-9-14(19)5-6-18(13)21/h2-6,9-11H,7-8,12H2,1H3. The van der Waals surface area contributed by atoms with Gasteiger partial charge in [-0.3, -0.25) is 0 Å². The molecule has 1 aliphatic heterocycles. The van der Waals surface area contributed by atoms with Crippen LogP contribution in [0.15, 0.2) is 53.4 Å². The number of methoxy groups -OCH3 is 1. The molecule has 7 heteroatoms. The lowest BCUT2D eigenvalue weighted by Gasteiger charge is -2.28. The molecule has 0 radical (unpaired) electrons. The average Bonchev–Trinajstić information content (AvgIpc) is 2.98. The van der Waals surface area contributed by atoms with E-state index in [1.54, 1.807) is 24.3 Å². The summed E-state index contributed by atoms with van der Waals surface area (Å²) in [6.45, 7) is 1.16. The van der Waals surface area contributed by atoms with Crippen LogP contribution < -0.4 is 4.74 Å². The van der Waals surface area contributed by atoms with Crippen LogP contribution in [0, 0.1) is 5.82 Å². The third-order valence-corrected chi connectivity index (χ3v) is 6.38. The maximum Gasteiger partial charge on any atom is 0.243 e. The van der Waals surface area contributed by atoms with Crippen LogP contribution >= 0.6 is 0 Å². The normalized spacial score (nSPS) is 15.3. The van der Waals surface area contributed by atoms with Crippen LogP contribution in [0.4, 0.5) is 4.39 Å². The molecule has 5 nitrogen and oxygen atoms in total. The van der Waals surface area contributed by atoms with Crippen molar-refractivity contribution in [1.29, 1.82) is 0 Å². The molecule has 4 rings (SSSR count). The first-order chi connectivity index (χ1) is 12.0. The zero-order chi connectivity index (χ0) is 17.6. The lowest BCUT2D eigenvalue weighted by molar-refractivity contribution is 0.345. The Morgan fingerprint density at radius 1 is 1.08 bits per heavy atom. The van der Waals surface area contributed by atoms with Crippen molar-refractivity contribution in [1.82, 2.24) is 8.87 Å². The van der Waals surface area contributed by atoms with E-state index in [-0.39, 0.29) is 17.3 Å². The molecule has 130 valence electrons. The highest BCUT2D eigenvalue weighted by Crippen LogP contribution is 2.28. The Balaban J connectivity index is 1.70. The number of halogens is 1. The summed E-state index contributed by atoms with van der Waals surface area (Å²) >= 11 is 0. The first kappa shape index (κ1) is 16.1. The van der Waals surface area contributed by atoms with E-state index in [4.69, 9.17) is 4.74 Å². The van der Waals surface area contributed by atoms with Crippen LogP contribution in [0.3, 0.4) is 0 Å². The highest BCUT2D eigenvalue weighted by molar-refractivity contribution is 7.89. The van der Waals surface area contributed by atoms with Gasteiger partial charge in [0.1, 0.15) is 11.6 Å². The summed E-state index contributed by atoms with van der Waals surface area (Å²) in [5.41, 5.74) is 1.79. The molecule has 2 aromatic carbocycles. The number of aromatic nitrogens is 1. The Morgan fingerprint density at radius 2 is 1.92 bits per heavy atom. The number of fused-ring (bicyclic) bond motifs is 3. The third kappa shape index (κ3) is 2.69. The minimum Gasteiger partial charge on any atom is -0.497 e. The molecule has 0 N–H and O–H groups in total. The molecular formula is C18H17FN2O3S. The lowest BCUT2D eigenvalue weighted by atomic mass is 10.2. The number of ether oxygens (including phenoxy) is 1. The van der Waals surface area contributed by atoms with E-state index in [9.17, 15) is 12.8 Å². The number of hydrogen-bond acceptors (Lipinski definition) is 3. The summed E-state index contributed by atoms with van der Waals surface area (Å²) in [4.78, 5) is 0.211. The topological polar surface area (TPSA) is 51.5 Å². The summed E-state index contributed by atoms with van der Waals surface area (Å²) < 4.78 is 47.9. The SMILES string of the molecule is COc1cccc(S(=O)(=O)N2CCn3c(cc4cc(F)ccc43)C2)c1. The molecular weight excluding hydrogens is 343 g/mol. The second kappa shape index (κ2) is 5.86. The van der Waals surface area contributed by atoms with Crippen LogP contribution in [-0.4, -0.2) is 30.9 Å². The van der Waals surface area contributed by atoms with Crippen molar-refractivity contribution in [2.45, 2.75) is 18.0 Å². The molecule has 25 heavy (non-hydrogen) atoms. The molecule has 0 atom stereocenters. The van der Waals surface area contributed by atoms with E-state index >= 15 is 0 Å².